The third-order valence-electron chi connectivity index (χ3n) is 2.86. The molecule has 0 saturated heterocycles. The van der Waals surface area contributed by atoms with Crippen LogP contribution in [0.15, 0.2) is 22.7 Å². The molecule has 0 spiro atoms. The van der Waals surface area contributed by atoms with Crippen molar-refractivity contribution in [2.24, 2.45) is 0 Å². The quantitative estimate of drug-likeness (QED) is 0.582. The van der Waals surface area contributed by atoms with E-state index >= 15 is 0 Å². The summed E-state index contributed by atoms with van der Waals surface area (Å²) in [5, 5.41) is 2.83. The van der Waals surface area contributed by atoms with Gasteiger partial charge in [0.2, 0.25) is 0 Å². The van der Waals surface area contributed by atoms with Gasteiger partial charge in [0.15, 0.2) is 12.4 Å². The van der Waals surface area contributed by atoms with Gasteiger partial charge in [-0.3, -0.25) is 9.59 Å². The van der Waals surface area contributed by atoms with Crippen LogP contribution in [0.3, 0.4) is 0 Å². The highest BCUT2D eigenvalue weighted by Gasteiger charge is 2.14. The monoisotopic (exact) mass is 341 g/mol. The van der Waals surface area contributed by atoms with E-state index in [0.29, 0.717) is 22.3 Å². The Morgan fingerprint density at radius 3 is 2.85 bits per heavy atom. The summed E-state index contributed by atoms with van der Waals surface area (Å²) in [7, 11) is 0. The van der Waals surface area contributed by atoms with Gasteiger partial charge >= 0.3 is 0 Å². The molecule has 0 saturated carbocycles. The lowest BCUT2D eigenvalue weighted by atomic mass is 10.2. The summed E-state index contributed by atoms with van der Waals surface area (Å²) in [6, 6.07) is 5.06. The lowest BCUT2D eigenvalue weighted by Gasteiger charge is -2.15. The summed E-state index contributed by atoms with van der Waals surface area (Å²) in [6.45, 7) is 4.48. The standard InChI is InChI=1S/C15H20BrNO3/c1-3-4-5-8-17-15(19)11(2)20-13-6-7-14(16)12(9-13)10-18/h6-7,9-11H,3-5,8H2,1-2H3,(H,17,19). The molecule has 20 heavy (non-hydrogen) atoms. The number of hydrogen-bond acceptors (Lipinski definition) is 3. The number of benzene rings is 1. The Bertz CT molecular complexity index is 462. The molecule has 1 aromatic carbocycles. The van der Waals surface area contributed by atoms with Crippen LogP contribution in [-0.2, 0) is 4.79 Å². The van der Waals surface area contributed by atoms with Crippen LogP contribution in [0.5, 0.6) is 5.75 Å². The van der Waals surface area contributed by atoms with Gasteiger partial charge < -0.3 is 10.1 Å². The van der Waals surface area contributed by atoms with Gasteiger partial charge in [-0.15, -0.1) is 0 Å². The van der Waals surface area contributed by atoms with E-state index in [1.165, 1.54) is 0 Å². The molecular formula is C15H20BrNO3. The number of carbonyl (C=O) groups excluding carboxylic acids is 2. The second-order valence-corrected chi connectivity index (χ2v) is 5.41. The summed E-state index contributed by atoms with van der Waals surface area (Å²) in [5.74, 6) is 0.364. The molecule has 0 radical (unpaired) electrons. The van der Waals surface area contributed by atoms with Crippen LogP contribution in [0.25, 0.3) is 0 Å². The average molecular weight is 342 g/mol. The number of carbonyl (C=O) groups is 2. The molecular weight excluding hydrogens is 322 g/mol. The number of unbranched alkanes of at least 4 members (excludes halogenated alkanes) is 2. The lowest BCUT2D eigenvalue weighted by molar-refractivity contribution is -0.127. The molecule has 0 aromatic heterocycles. The molecule has 0 heterocycles. The van der Waals surface area contributed by atoms with Crippen LogP contribution in [-0.4, -0.2) is 24.8 Å². The van der Waals surface area contributed by atoms with Crippen molar-refractivity contribution in [3.8, 4) is 5.75 Å². The molecule has 0 aliphatic rings. The Kier molecular flexibility index (Phi) is 7.30. The molecule has 1 atom stereocenters. The third kappa shape index (κ3) is 5.33. The highest BCUT2D eigenvalue weighted by atomic mass is 79.9. The summed E-state index contributed by atoms with van der Waals surface area (Å²) < 4.78 is 6.24. The van der Waals surface area contributed by atoms with E-state index in [0.717, 1.165) is 25.5 Å². The van der Waals surface area contributed by atoms with Crippen molar-refractivity contribution < 1.29 is 14.3 Å². The molecule has 1 rings (SSSR count). The first-order valence-corrected chi connectivity index (χ1v) is 7.57. The molecule has 0 fully saturated rings. The third-order valence-corrected chi connectivity index (χ3v) is 3.58. The van der Waals surface area contributed by atoms with Gasteiger partial charge in [-0.05, 0) is 31.5 Å². The molecule has 1 aromatic rings. The molecule has 0 aliphatic heterocycles. The van der Waals surface area contributed by atoms with Crippen molar-refractivity contribution in [2.45, 2.75) is 39.2 Å². The predicted octanol–water partition coefficient (Wildman–Crippen LogP) is 3.34. The number of rotatable bonds is 8. The second kappa shape index (κ2) is 8.74. The molecule has 1 amide bonds. The van der Waals surface area contributed by atoms with Crippen LogP contribution in [0.4, 0.5) is 0 Å². The van der Waals surface area contributed by atoms with Crippen molar-refractivity contribution in [3.05, 3.63) is 28.2 Å². The molecule has 5 heteroatoms. The maximum absolute atomic E-state index is 11.8. The van der Waals surface area contributed by atoms with E-state index in [2.05, 4.69) is 28.2 Å². The van der Waals surface area contributed by atoms with Crippen molar-refractivity contribution in [1.82, 2.24) is 5.32 Å². The van der Waals surface area contributed by atoms with Crippen LogP contribution < -0.4 is 10.1 Å². The molecule has 1 N–H and O–H groups in total. The number of amides is 1. The number of nitrogens with one attached hydrogen (secondary N) is 1. The van der Waals surface area contributed by atoms with E-state index in [1.54, 1.807) is 25.1 Å². The highest BCUT2D eigenvalue weighted by Crippen LogP contribution is 2.21. The van der Waals surface area contributed by atoms with Gasteiger partial charge in [-0.1, -0.05) is 35.7 Å². The largest absolute Gasteiger partial charge is 0.481 e. The van der Waals surface area contributed by atoms with Gasteiger partial charge in [0.25, 0.3) is 5.91 Å². The smallest absolute Gasteiger partial charge is 0.260 e. The fourth-order valence-corrected chi connectivity index (χ4v) is 2.01. The summed E-state index contributed by atoms with van der Waals surface area (Å²) in [4.78, 5) is 22.7. The SMILES string of the molecule is CCCCCNC(=O)C(C)Oc1ccc(Br)c(C=O)c1. The van der Waals surface area contributed by atoms with Crippen molar-refractivity contribution in [1.29, 1.82) is 0 Å². The minimum atomic E-state index is -0.586. The van der Waals surface area contributed by atoms with Gasteiger partial charge in [0.1, 0.15) is 5.75 Å². The molecule has 0 bridgehead atoms. The Labute approximate surface area is 128 Å². The summed E-state index contributed by atoms with van der Waals surface area (Å²) >= 11 is 3.27. The number of ether oxygens (including phenoxy) is 1. The zero-order valence-corrected chi connectivity index (χ0v) is 13.4. The minimum Gasteiger partial charge on any atom is -0.481 e. The van der Waals surface area contributed by atoms with Gasteiger partial charge in [0, 0.05) is 16.6 Å². The van der Waals surface area contributed by atoms with E-state index < -0.39 is 6.10 Å². The Balaban J connectivity index is 2.50. The first kappa shape index (κ1) is 16.7. The summed E-state index contributed by atoms with van der Waals surface area (Å²) in [6.07, 6.45) is 3.35. The van der Waals surface area contributed by atoms with Gasteiger partial charge in [-0.25, -0.2) is 0 Å². The Morgan fingerprint density at radius 1 is 1.45 bits per heavy atom. The number of halogens is 1. The average Bonchev–Trinajstić information content (AvgIpc) is 2.45. The van der Waals surface area contributed by atoms with Crippen molar-refractivity contribution >= 4 is 28.1 Å². The second-order valence-electron chi connectivity index (χ2n) is 4.56. The fraction of sp³-hybridized carbons (Fsp3) is 0.467. The first-order chi connectivity index (χ1) is 9.58. The predicted molar refractivity (Wildman–Crippen MR) is 82.2 cm³/mol. The van der Waals surface area contributed by atoms with Crippen LogP contribution in [0, 0.1) is 0 Å². The Morgan fingerprint density at radius 2 is 2.20 bits per heavy atom. The van der Waals surface area contributed by atoms with Crippen molar-refractivity contribution in [3.63, 3.8) is 0 Å². The van der Waals surface area contributed by atoms with Gasteiger partial charge in [-0.2, -0.15) is 0 Å². The maximum Gasteiger partial charge on any atom is 0.260 e. The zero-order chi connectivity index (χ0) is 15.0. The zero-order valence-electron chi connectivity index (χ0n) is 11.8. The molecule has 1 unspecified atom stereocenters. The van der Waals surface area contributed by atoms with Crippen LogP contribution >= 0.6 is 15.9 Å². The molecule has 0 aliphatic carbocycles. The summed E-state index contributed by atoms with van der Waals surface area (Å²) in [5.41, 5.74) is 0.498. The Hall–Kier alpha value is -1.36. The van der Waals surface area contributed by atoms with E-state index in [9.17, 15) is 9.59 Å². The lowest BCUT2D eigenvalue weighted by Crippen LogP contribution is -2.36. The number of hydrogen-bond donors (Lipinski definition) is 1. The normalized spacial score (nSPS) is 11.8. The van der Waals surface area contributed by atoms with Crippen molar-refractivity contribution in [2.75, 3.05) is 6.54 Å². The van der Waals surface area contributed by atoms with Gasteiger partial charge in [0.05, 0.1) is 0 Å². The maximum atomic E-state index is 11.8. The van der Waals surface area contributed by atoms with E-state index in [1.807, 2.05) is 0 Å². The fourth-order valence-electron chi connectivity index (χ4n) is 1.67. The minimum absolute atomic E-state index is 0.142. The van der Waals surface area contributed by atoms with E-state index in [4.69, 9.17) is 4.74 Å². The topological polar surface area (TPSA) is 55.4 Å². The molecule has 4 nitrogen and oxygen atoms in total. The van der Waals surface area contributed by atoms with Crippen LogP contribution in [0.2, 0.25) is 0 Å². The highest BCUT2D eigenvalue weighted by molar-refractivity contribution is 9.10. The first-order valence-electron chi connectivity index (χ1n) is 6.77. The molecule has 110 valence electrons. The van der Waals surface area contributed by atoms with Crippen LogP contribution in [0.1, 0.15) is 43.5 Å². The van der Waals surface area contributed by atoms with E-state index in [-0.39, 0.29) is 5.91 Å². The number of aldehydes is 1.